The van der Waals surface area contributed by atoms with Crippen molar-refractivity contribution in [3.05, 3.63) is 144 Å². The summed E-state index contributed by atoms with van der Waals surface area (Å²) in [6.07, 6.45) is 4.47. The predicted molar refractivity (Wildman–Crippen MR) is 196 cm³/mol. The Morgan fingerprint density at radius 1 is 0.569 bits per heavy atom. The zero-order valence-corrected chi connectivity index (χ0v) is 28.9. The van der Waals surface area contributed by atoms with Gasteiger partial charge in [0.05, 0.1) is 34.3 Å². The number of thioether (sulfide) groups is 2. The number of amides is 2. The Kier molecular flexibility index (Phi) is 9.18. The van der Waals surface area contributed by atoms with E-state index in [2.05, 4.69) is 0 Å². The Hall–Kier alpha value is -5.20. The molecule has 4 heterocycles. The van der Waals surface area contributed by atoms with Crippen molar-refractivity contribution in [1.29, 1.82) is 0 Å². The smallest absolute Gasteiger partial charge is 0.233 e. The van der Waals surface area contributed by atoms with Gasteiger partial charge in [-0.25, -0.2) is 18.1 Å². The summed E-state index contributed by atoms with van der Waals surface area (Å²) in [6.45, 7) is 0.871. The van der Waals surface area contributed by atoms with Crippen LogP contribution in [0.5, 0.6) is 0 Å². The van der Waals surface area contributed by atoms with E-state index in [0.717, 1.165) is 33.6 Å². The van der Waals surface area contributed by atoms with Gasteiger partial charge in [-0.2, -0.15) is 10.2 Å². The van der Waals surface area contributed by atoms with Gasteiger partial charge in [-0.05, 0) is 79.2 Å². The first kappa shape index (κ1) is 33.0. The van der Waals surface area contributed by atoms with Crippen LogP contribution in [-0.4, -0.2) is 65.8 Å². The van der Waals surface area contributed by atoms with Crippen LogP contribution < -0.4 is 0 Å². The van der Waals surface area contributed by atoms with Gasteiger partial charge in [0, 0.05) is 47.7 Å². The van der Waals surface area contributed by atoms with Crippen molar-refractivity contribution in [2.75, 3.05) is 24.6 Å². The number of hydrogen-bond donors (Lipinski definition) is 0. The van der Waals surface area contributed by atoms with Gasteiger partial charge < -0.3 is 9.80 Å². The number of carbonyl (C=O) groups excluding carboxylic acids is 2. The van der Waals surface area contributed by atoms with Gasteiger partial charge in [0.2, 0.25) is 11.8 Å². The first-order chi connectivity index (χ1) is 24.9. The van der Waals surface area contributed by atoms with Crippen molar-refractivity contribution in [2.24, 2.45) is 0 Å². The van der Waals surface area contributed by atoms with Crippen LogP contribution in [0.4, 0.5) is 8.78 Å². The van der Waals surface area contributed by atoms with E-state index in [1.807, 2.05) is 82.9 Å². The van der Waals surface area contributed by atoms with Gasteiger partial charge in [0.1, 0.15) is 22.4 Å². The fourth-order valence-electron chi connectivity index (χ4n) is 6.54. The highest BCUT2D eigenvalue weighted by Gasteiger charge is 2.38. The third kappa shape index (κ3) is 6.68. The van der Waals surface area contributed by atoms with Crippen LogP contribution in [-0.2, 0) is 9.59 Å². The highest BCUT2D eigenvalue weighted by atomic mass is 32.2. The number of nitrogens with zero attached hydrogens (tertiary/aromatic N) is 6. The lowest BCUT2D eigenvalue weighted by molar-refractivity contribution is -0.128. The van der Waals surface area contributed by atoms with Crippen molar-refractivity contribution >= 4 is 35.3 Å². The molecule has 2 aliphatic heterocycles. The van der Waals surface area contributed by atoms with E-state index >= 15 is 0 Å². The minimum atomic E-state index is -0.333. The van der Waals surface area contributed by atoms with Crippen molar-refractivity contribution in [3.63, 3.8) is 0 Å². The van der Waals surface area contributed by atoms with E-state index in [1.54, 1.807) is 57.2 Å². The normalized spacial score (nSPS) is 17.5. The molecule has 0 aliphatic carbocycles. The summed E-state index contributed by atoms with van der Waals surface area (Å²) in [5, 5.41) is 9.20. The molecule has 256 valence electrons. The molecule has 0 unspecified atom stereocenters. The monoisotopic (exact) mass is 718 g/mol. The third-order valence-electron chi connectivity index (χ3n) is 9.03. The lowest BCUT2D eigenvalue weighted by Gasteiger charge is -2.27. The maximum atomic E-state index is 13.9. The number of aromatic nitrogens is 4. The number of halogens is 2. The average molecular weight is 719 g/mol. The fourth-order valence-corrected chi connectivity index (χ4v) is 8.99. The van der Waals surface area contributed by atoms with Crippen LogP contribution >= 0.6 is 23.5 Å². The van der Waals surface area contributed by atoms with E-state index in [9.17, 15) is 18.4 Å². The van der Waals surface area contributed by atoms with E-state index in [0.29, 0.717) is 42.4 Å². The van der Waals surface area contributed by atoms with Crippen molar-refractivity contribution < 1.29 is 18.4 Å². The highest BCUT2D eigenvalue weighted by molar-refractivity contribution is 8.00. The van der Waals surface area contributed by atoms with Crippen LogP contribution in [0.25, 0.3) is 33.9 Å². The first-order valence-electron chi connectivity index (χ1n) is 16.6. The predicted octanol–water partition coefficient (Wildman–Crippen LogP) is 7.91. The zero-order chi connectivity index (χ0) is 34.9. The molecular formula is C39H32F2N6O2S2. The van der Waals surface area contributed by atoms with E-state index in [-0.39, 0.29) is 34.2 Å². The molecule has 0 spiro atoms. The van der Waals surface area contributed by atoms with Gasteiger partial charge in [0.25, 0.3) is 0 Å². The summed E-state index contributed by atoms with van der Waals surface area (Å²) < 4.78 is 31.4. The summed E-state index contributed by atoms with van der Waals surface area (Å²) in [4.78, 5) is 30.5. The Morgan fingerprint density at radius 2 is 0.961 bits per heavy atom. The summed E-state index contributed by atoms with van der Waals surface area (Å²) >= 11 is 3.08. The van der Waals surface area contributed by atoms with Crippen LogP contribution in [0.2, 0.25) is 0 Å². The molecule has 0 saturated carbocycles. The number of rotatable bonds is 10. The molecule has 6 aromatic rings. The van der Waals surface area contributed by atoms with Gasteiger partial charge in [0.15, 0.2) is 0 Å². The summed E-state index contributed by atoms with van der Waals surface area (Å²) in [6, 6.07) is 32.0. The van der Waals surface area contributed by atoms with E-state index in [1.165, 1.54) is 24.3 Å². The molecule has 0 bridgehead atoms. The van der Waals surface area contributed by atoms with E-state index in [4.69, 9.17) is 10.2 Å². The molecule has 0 radical (unpaired) electrons. The Bertz CT molecular complexity index is 2020. The summed E-state index contributed by atoms with van der Waals surface area (Å²) in [5.74, 6) is 0.0169. The Morgan fingerprint density at radius 3 is 1.35 bits per heavy atom. The average Bonchev–Trinajstić information content (AvgIpc) is 3.96. The van der Waals surface area contributed by atoms with Crippen LogP contribution in [0, 0.1) is 11.6 Å². The lowest BCUT2D eigenvalue weighted by atomic mass is 10.1. The van der Waals surface area contributed by atoms with Crippen molar-refractivity contribution in [2.45, 2.75) is 17.2 Å². The first-order valence-corrected chi connectivity index (χ1v) is 18.7. The molecule has 2 amide bonds. The largest absolute Gasteiger partial charge is 0.326 e. The molecule has 51 heavy (non-hydrogen) atoms. The third-order valence-corrected chi connectivity index (χ3v) is 11.5. The maximum absolute atomic E-state index is 13.9. The van der Waals surface area contributed by atoms with E-state index < -0.39 is 0 Å². The van der Waals surface area contributed by atoms with Gasteiger partial charge in [-0.15, -0.1) is 23.5 Å². The standard InChI is InChI=1S/C39H32F2N6O2S2/c40-28-16-12-26(13-17-28)36-32(22-46(42-36)30-8-3-1-4-9-30)38-44(34(48)24-50-38)20-7-21-45-35(49)25-51-39(45)33-23-47(31-10-5-2-6-11-31)43-37(33)27-14-18-29(41)19-15-27/h1-6,8-19,22-23,38-39H,7,20-21,24-25H2/t38-,39-/m1/s1. The second-order valence-corrected chi connectivity index (χ2v) is 14.4. The number of benzene rings is 4. The molecule has 12 heteroatoms. The number of para-hydroxylation sites is 2. The molecule has 2 aliphatic rings. The number of carbonyl (C=O) groups is 2. The summed E-state index contributed by atoms with van der Waals surface area (Å²) in [7, 11) is 0. The minimum Gasteiger partial charge on any atom is -0.326 e. The van der Waals surface area contributed by atoms with Gasteiger partial charge in [-0.3, -0.25) is 9.59 Å². The molecule has 0 N–H and O–H groups in total. The van der Waals surface area contributed by atoms with Crippen LogP contribution in [0.3, 0.4) is 0 Å². The zero-order valence-electron chi connectivity index (χ0n) is 27.3. The molecule has 2 atom stereocenters. The van der Waals surface area contributed by atoms with Crippen molar-refractivity contribution in [1.82, 2.24) is 29.4 Å². The SMILES string of the molecule is O=C1CS[C@H](c2cn(-c3ccccc3)nc2-c2ccc(F)cc2)N1CCCN1C(=O)CS[C@@H]1c1cn(-c2ccccc2)nc1-c1ccc(F)cc1. The van der Waals surface area contributed by atoms with Crippen molar-refractivity contribution in [3.8, 4) is 33.9 Å². The van der Waals surface area contributed by atoms with Crippen LogP contribution in [0.15, 0.2) is 122 Å². The molecule has 4 aromatic carbocycles. The highest BCUT2D eigenvalue weighted by Crippen LogP contribution is 2.45. The van der Waals surface area contributed by atoms with Gasteiger partial charge in [-0.1, -0.05) is 36.4 Å². The lowest BCUT2D eigenvalue weighted by Crippen LogP contribution is -2.34. The molecule has 2 fully saturated rings. The van der Waals surface area contributed by atoms with Crippen LogP contribution in [0.1, 0.15) is 28.3 Å². The molecule has 8 nitrogen and oxygen atoms in total. The molecular weight excluding hydrogens is 687 g/mol. The second-order valence-electron chi connectivity index (χ2n) is 12.3. The minimum absolute atomic E-state index is 0.0175. The quantitative estimate of drug-likeness (QED) is 0.143. The Balaban J connectivity index is 1.06. The second kappa shape index (κ2) is 14.2. The Labute approximate surface area is 302 Å². The number of hydrogen-bond acceptors (Lipinski definition) is 6. The topological polar surface area (TPSA) is 76.3 Å². The fraction of sp³-hybridized carbons (Fsp3) is 0.179. The molecule has 2 aromatic heterocycles. The molecule has 2 saturated heterocycles. The molecule has 8 rings (SSSR count). The van der Waals surface area contributed by atoms with Gasteiger partial charge >= 0.3 is 0 Å². The summed E-state index contributed by atoms with van der Waals surface area (Å²) in [5.41, 5.74) is 6.37. The maximum Gasteiger partial charge on any atom is 0.233 e.